The summed E-state index contributed by atoms with van der Waals surface area (Å²) in [5.41, 5.74) is 5.62. The molecule has 1 rings (SSSR count). The molecular formula is C25H36F3N5O7. The van der Waals surface area contributed by atoms with E-state index >= 15 is 0 Å². The van der Waals surface area contributed by atoms with Crippen LogP contribution in [-0.2, 0) is 30.3 Å². The molecule has 0 saturated heterocycles. The van der Waals surface area contributed by atoms with Gasteiger partial charge in [-0.15, -0.1) is 0 Å². The van der Waals surface area contributed by atoms with E-state index in [4.69, 9.17) is 5.73 Å². The first-order chi connectivity index (χ1) is 18.6. The quantitative estimate of drug-likeness (QED) is 0.184. The Balaban J connectivity index is 3.08. The summed E-state index contributed by atoms with van der Waals surface area (Å²) in [5, 5.41) is 18.9. The topological polar surface area (TPSA) is 189 Å². The summed E-state index contributed by atoms with van der Waals surface area (Å²) in [7, 11) is 1.12. The van der Waals surface area contributed by atoms with Crippen LogP contribution in [0.25, 0.3) is 0 Å². The Bertz CT molecular complexity index is 1020. The van der Waals surface area contributed by atoms with Gasteiger partial charge >= 0.3 is 12.3 Å². The Morgan fingerprint density at radius 3 is 2.02 bits per heavy atom. The van der Waals surface area contributed by atoms with Gasteiger partial charge in [0.15, 0.2) is 6.10 Å². The van der Waals surface area contributed by atoms with Crippen molar-refractivity contribution in [2.45, 2.75) is 76.5 Å². The molecule has 0 radical (unpaired) electrons. The van der Waals surface area contributed by atoms with E-state index < -0.39 is 84.9 Å². The number of alkyl carbamates (subject to hydrolysis) is 1. The fraction of sp³-hybridized carbons (Fsp3) is 0.560. The minimum Gasteiger partial charge on any atom is -0.453 e. The molecule has 12 nitrogen and oxygen atoms in total. The molecule has 224 valence electrons. The van der Waals surface area contributed by atoms with Gasteiger partial charge in [-0.05, 0) is 24.8 Å². The highest BCUT2D eigenvalue weighted by Gasteiger charge is 2.44. The Labute approximate surface area is 229 Å². The van der Waals surface area contributed by atoms with Crippen LogP contribution in [0.3, 0.4) is 0 Å². The summed E-state index contributed by atoms with van der Waals surface area (Å²) in [4.78, 5) is 61.5. The molecule has 15 heteroatoms. The maximum absolute atomic E-state index is 13.2. The molecule has 0 heterocycles. The lowest BCUT2D eigenvalue weighted by molar-refractivity contribution is -0.212. The van der Waals surface area contributed by atoms with Crippen LogP contribution in [0.15, 0.2) is 30.3 Å². The second-order valence-corrected chi connectivity index (χ2v) is 9.45. The number of benzene rings is 1. The van der Waals surface area contributed by atoms with Gasteiger partial charge in [-0.1, -0.05) is 44.2 Å². The third-order valence-corrected chi connectivity index (χ3v) is 5.82. The average molecular weight is 576 g/mol. The number of nitrogens with two attached hydrogens (primary N) is 1. The number of rotatable bonds is 14. The smallest absolute Gasteiger partial charge is 0.416 e. The van der Waals surface area contributed by atoms with Crippen LogP contribution >= 0.6 is 0 Å². The fourth-order valence-electron chi connectivity index (χ4n) is 3.56. The number of aliphatic hydroxyl groups excluding tert-OH is 1. The first-order valence-electron chi connectivity index (χ1n) is 12.4. The second kappa shape index (κ2) is 15.6. The molecule has 40 heavy (non-hydrogen) atoms. The van der Waals surface area contributed by atoms with Gasteiger partial charge in [0.25, 0.3) is 0 Å². The van der Waals surface area contributed by atoms with Crippen LogP contribution in [-0.4, -0.2) is 78.4 Å². The molecule has 0 aromatic heterocycles. The summed E-state index contributed by atoms with van der Waals surface area (Å²) < 4.78 is 43.8. The van der Waals surface area contributed by atoms with Gasteiger partial charge in [-0.3, -0.25) is 19.2 Å². The van der Waals surface area contributed by atoms with Gasteiger partial charge in [0.1, 0.15) is 18.1 Å². The zero-order chi connectivity index (χ0) is 30.6. The van der Waals surface area contributed by atoms with Gasteiger partial charge in [0.2, 0.25) is 23.6 Å². The number of carbonyl (C=O) groups is 5. The number of aliphatic hydroxyl groups is 1. The van der Waals surface area contributed by atoms with Crippen molar-refractivity contribution in [3.05, 3.63) is 35.9 Å². The summed E-state index contributed by atoms with van der Waals surface area (Å²) in [6, 6.07) is 2.89. The van der Waals surface area contributed by atoms with Crippen LogP contribution in [0.2, 0.25) is 0 Å². The average Bonchev–Trinajstić information content (AvgIpc) is 2.87. The van der Waals surface area contributed by atoms with Crippen molar-refractivity contribution >= 4 is 29.7 Å². The van der Waals surface area contributed by atoms with Crippen molar-refractivity contribution in [3.63, 3.8) is 0 Å². The molecule has 0 saturated carbocycles. The van der Waals surface area contributed by atoms with Crippen molar-refractivity contribution in [1.82, 2.24) is 21.3 Å². The largest absolute Gasteiger partial charge is 0.453 e. The highest BCUT2D eigenvalue weighted by Crippen LogP contribution is 2.24. The van der Waals surface area contributed by atoms with Crippen molar-refractivity contribution in [1.29, 1.82) is 0 Å². The summed E-state index contributed by atoms with van der Waals surface area (Å²) in [5.74, 6) is -3.97. The zero-order valence-corrected chi connectivity index (χ0v) is 22.6. The molecule has 1 aromatic rings. The van der Waals surface area contributed by atoms with Crippen molar-refractivity contribution in [2.24, 2.45) is 11.7 Å². The van der Waals surface area contributed by atoms with Crippen molar-refractivity contribution in [3.8, 4) is 0 Å². The monoisotopic (exact) mass is 575 g/mol. The Kier molecular flexibility index (Phi) is 13.4. The minimum atomic E-state index is -5.10. The Morgan fingerprint density at radius 2 is 1.52 bits per heavy atom. The lowest BCUT2D eigenvalue weighted by atomic mass is 10.0. The number of nitrogens with one attached hydrogen (secondary N) is 4. The molecule has 5 amide bonds. The number of hydrogen-bond donors (Lipinski definition) is 6. The number of halogens is 3. The van der Waals surface area contributed by atoms with Crippen LogP contribution in [0, 0.1) is 5.92 Å². The van der Waals surface area contributed by atoms with Crippen molar-refractivity contribution < 1.29 is 47.0 Å². The molecule has 5 atom stereocenters. The van der Waals surface area contributed by atoms with E-state index in [1.54, 1.807) is 44.2 Å². The first-order valence-corrected chi connectivity index (χ1v) is 12.4. The molecule has 0 aliphatic rings. The lowest BCUT2D eigenvalue weighted by Gasteiger charge is -2.28. The van der Waals surface area contributed by atoms with E-state index in [0.29, 0.717) is 5.56 Å². The Hall–Kier alpha value is -3.88. The maximum atomic E-state index is 13.2. The minimum absolute atomic E-state index is 0.0240. The first kappa shape index (κ1) is 34.1. The zero-order valence-electron chi connectivity index (χ0n) is 22.6. The van der Waals surface area contributed by atoms with E-state index in [-0.39, 0.29) is 6.42 Å². The summed E-state index contributed by atoms with van der Waals surface area (Å²) in [6.07, 6.45) is -10.1. The summed E-state index contributed by atoms with van der Waals surface area (Å²) in [6.45, 7) is 4.50. The molecule has 2 unspecified atom stereocenters. The number of ether oxygens (including phenoxy) is 1. The third-order valence-electron chi connectivity index (χ3n) is 5.82. The van der Waals surface area contributed by atoms with Crippen LogP contribution < -0.4 is 27.0 Å². The SMILES string of the molecule is COC(=O)N[C@H](C(=O)N[C@@H](Cc1ccccc1)C(=O)N[C@@H](C)C(=O)NC(CCC(N)=O)C(O)C(F)(F)F)C(C)C. The number of hydrogen-bond acceptors (Lipinski definition) is 7. The summed E-state index contributed by atoms with van der Waals surface area (Å²) >= 11 is 0. The van der Waals surface area contributed by atoms with Gasteiger partial charge in [-0.25, -0.2) is 4.79 Å². The number of carbonyl (C=O) groups excluding carboxylic acids is 5. The van der Waals surface area contributed by atoms with E-state index in [1.807, 2.05) is 5.32 Å². The highest BCUT2D eigenvalue weighted by atomic mass is 19.4. The molecule has 0 bridgehead atoms. The fourth-order valence-corrected chi connectivity index (χ4v) is 3.56. The van der Waals surface area contributed by atoms with Gasteiger partial charge in [0, 0.05) is 12.8 Å². The van der Waals surface area contributed by atoms with Crippen LogP contribution in [0.1, 0.15) is 39.2 Å². The number of alkyl halides is 3. The van der Waals surface area contributed by atoms with Crippen LogP contribution in [0.5, 0.6) is 0 Å². The molecule has 1 aromatic carbocycles. The molecular weight excluding hydrogens is 539 g/mol. The van der Waals surface area contributed by atoms with E-state index in [0.717, 1.165) is 7.11 Å². The number of methoxy groups -OCH3 is 1. The lowest BCUT2D eigenvalue weighted by Crippen LogP contribution is -2.59. The molecule has 0 aliphatic heterocycles. The highest BCUT2D eigenvalue weighted by molar-refractivity contribution is 5.94. The third kappa shape index (κ3) is 11.5. The van der Waals surface area contributed by atoms with E-state index in [1.165, 1.54) is 6.92 Å². The number of amides is 5. The number of primary amides is 1. The maximum Gasteiger partial charge on any atom is 0.416 e. The van der Waals surface area contributed by atoms with Gasteiger partial charge in [0.05, 0.1) is 13.2 Å². The Morgan fingerprint density at radius 1 is 0.925 bits per heavy atom. The molecule has 0 spiro atoms. The molecule has 0 aliphatic carbocycles. The van der Waals surface area contributed by atoms with E-state index in [2.05, 4.69) is 20.7 Å². The van der Waals surface area contributed by atoms with Gasteiger partial charge < -0.3 is 36.8 Å². The normalized spacial score (nSPS) is 15.1. The van der Waals surface area contributed by atoms with Crippen molar-refractivity contribution in [2.75, 3.05) is 7.11 Å². The van der Waals surface area contributed by atoms with E-state index in [9.17, 15) is 42.3 Å². The second-order valence-electron chi connectivity index (χ2n) is 9.45. The standard InChI is InChI=1S/C25H36F3N5O7/c1-13(2)19(33-24(39)40-4)23(38)32-17(12-15-8-6-5-7-9-15)22(37)30-14(3)21(36)31-16(10-11-18(29)34)20(35)25(26,27)28/h5-9,13-14,16-17,19-20,35H,10-12H2,1-4H3,(H2,29,34)(H,30,37)(H,31,36)(H,32,38)(H,33,39)/t14-,16?,17-,19-,20?/m0/s1. The molecule has 0 fully saturated rings. The van der Waals surface area contributed by atoms with Crippen LogP contribution in [0.4, 0.5) is 18.0 Å². The molecule has 7 N–H and O–H groups in total. The predicted molar refractivity (Wildman–Crippen MR) is 136 cm³/mol. The predicted octanol–water partition coefficient (Wildman–Crippen LogP) is 0.273. The van der Waals surface area contributed by atoms with Gasteiger partial charge in [-0.2, -0.15) is 13.2 Å².